The minimum Gasteiger partial charge on any atom is -0.480 e. The molecule has 11 nitrogen and oxygen atoms in total. The van der Waals surface area contributed by atoms with Crippen molar-refractivity contribution in [1.29, 1.82) is 0 Å². The first kappa shape index (κ1) is 36.4. The number of nitrogens with zero attached hydrogens (tertiary/aromatic N) is 2. The number of aromatic nitrogens is 2. The van der Waals surface area contributed by atoms with Gasteiger partial charge in [0.15, 0.2) is 12.7 Å². The molecule has 1 aromatic heterocycles. The molecule has 1 aliphatic rings. The fourth-order valence-corrected chi connectivity index (χ4v) is 8.05. The summed E-state index contributed by atoms with van der Waals surface area (Å²) in [6.07, 6.45) is 1.85. The summed E-state index contributed by atoms with van der Waals surface area (Å²) >= 11 is 14.2. The van der Waals surface area contributed by atoms with Crippen LogP contribution < -0.4 is 15.0 Å². The molecule has 0 spiro atoms. The van der Waals surface area contributed by atoms with Gasteiger partial charge >= 0.3 is 19.7 Å². The van der Waals surface area contributed by atoms with Crippen LogP contribution in [0, 0.1) is 0 Å². The summed E-state index contributed by atoms with van der Waals surface area (Å²) < 4.78 is 42.5. The molecule has 3 aromatic rings. The maximum Gasteiger partial charge on any atom is 0.417 e. The smallest absolute Gasteiger partial charge is 0.417 e. The van der Waals surface area contributed by atoms with Crippen molar-refractivity contribution in [2.45, 2.75) is 62.8 Å². The number of benzene rings is 2. The fraction of sp³-hybridized carbons (Fsp3) is 0.344. The van der Waals surface area contributed by atoms with Crippen LogP contribution in [0.4, 0.5) is 4.79 Å². The Bertz CT molecular complexity index is 1660. The van der Waals surface area contributed by atoms with Crippen molar-refractivity contribution in [2.75, 3.05) is 13.5 Å². The normalized spacial score (nSPS) is 16.4. The van der Waals surface area contributed by atoms with E-state index in [0.717, 1.165) is 21.2 Å². The molecule has 1 amide bonds. The van der Waals surface area contributed by atoms with E-state index in [-0.39, 0.29) is 17.9 Å². The Morgan fingerprint density at radius 2 is 1.81 bits per heavy atom. The molecule has 4 rings (SSSR count). The maximum absolute atomic E-state index is 13.7. The average molecular weight is 725 g/mol. The highest BCUT2D eigenvalue weighted by Crippen LogP contribution is 2.49. The topological polar surface area (TPSA) is 141 Å². The van der Waals surface area contributed by atoms with Gasteiger partial charge in [-0.05, 0) is 48.7 Å². The van der Waals surface area contributed by atoms with E-state index < -0.39 is 32.1 Å². The van der Waals surface area contributed by atoms with Gasteiger partial charge in [0.2, 0.25) is 6.35 Å². The number of amides is 1. The summed E-state index contributed by atoms with van der Waals surface area (Å²) in [5.41, 5.74) is 6.95. The quantitative estimate of drug-likeness (QED) is 0.0933. The van der Waals surface area contributed by atoms with E-state index in [9.17, 15) is 14.2 Å². The molecule has 15 heteroatoms. The summed E-state index contributed by atoms with van der Waals surface area (Å²) in [6, 6.07) is 15.6. The van der Waals surface area contributed by atoms with Crippen molar-refractivity contribution in [2.24, 2.45) is 5.73 Å². The molecule has 0 aliphatic heterocycles. The number of primary amides is 1. The lowest BCUT2D eigenvalue weighted by Gasteiger charge is -2.22. The molecular formula is C32H36Cl2N3O8PS. The summed E-state index contributed by atoms with van der Waals surface area (Å²) in [5, 5.41) is 1.27. The number of thioether (sulfide) groups is 1. The van der Waals surface area contributed by atoms with Gasteiger partial charge in [-0.1, -0.05) is 73.6 Å². The number of allylic oxidation sites excluding steroid dienone is 3. The molecule has 2 unspecified atom stereocenters. The monoisotopic (exact) mass is 723 g/mol. The van der Waals surface area contributed by atoms with E-state index in [0.29, 0.717) is 35.3 Å². The van der Waals surface area contributed by atoms with Gasteiger partial charge in [-0.2, -0.15) is 0 Å². The van der Waals surface area contributed by atoms with Crippen LogP contribution in [0.1, 0.15) is 50.2 Å². The molecular weight excluding hydrogens is 688 g/mol. The minimum atomic E-state index is -3.98. The largest absolute Gasteiger partial charge is 0.480 e. The lowest BCUT2D eigenvalue weighted by Crippen LogP contribution is -2.23. The molecule has 1 aliphatic carbocycles. The zero-order valence-electron chi connectivity index (χ0n) is 26.3. The Morgan fingerprint density at radius 1 is 1.11 bits per heavy atom. The zero-order chi connectivity index (χ0) is 34.1. The number of nitrogens with two attached hydrogens (primary N) is 1. The molecule has 0 fully saturated rings. The second-order valence-corrected chi connectivity index (χ2v) is 14.7. The molecule has 0 radical (unpaired) electrons. The second kappa shape index (κ2) is 16.6. The number of ether oxygens (including phenoxy) is 3. The van der Waals surface area contributed by atoms with Crippen molar-refractivity contribution in [3.8, 4) is 11.5 Å². The third-order valence-electron chi connectivity index (χ3n) is 6.66. The van der Waals surface area contributed by atoms with Crippen molar-refractivity contribution < 1.29 is 37.4 Å². The average Bonchev–Trinajstić information content (AvgIpc) is 3.35. The summed E-state index contributed by atoms with van der Waals surface area (Å²) in [4.78, 5) is 29.1. The molecule has 252 valence electrons. The van der Waals surface area contributed by atoms with Crippen LogP contribution in [0.3, 0.4) is 0 Å². The molecule has 2 N–H and O–H groups in total. The molecule has 1 heterocycles. The minimum absolute atomic E-state index is 0.0511. The van der Waals surface area contributed by atoms with Gasteiger partial charge in [0, 0.05) is 22.9 Å². The van der Waals surface area contributed by atoms with Crippen LogP contribution in [-0.2, 0) is 36.5 Å². The number of methoxy groups -OCH3 is 1. The summed E-state index contributed by atoms with van der Waals surface area (Å²) in [7, 11) is -2.77. The fourth-order valence-electron chi connectivity index (χ4n) is 4.45. The molecule has 47 heavy (non-hydrogen) atoms. The predicted molar refractivity (Wildman–Crippen MR) is 181 cm³/mol. The number of esters is 1. The standard InChI is InChI=1S/C32H36Cl2N3O8PS/c1-20(2)29-30(47-27-15-23(33)14-24(34)16-27)37(28(36-29)18-42-32(35)39)17-22-10-12-25(13-11-22)43-19-46(40,44-21(3)31(38)41-4)45-26-8-6-5-7-9-26/h5-13,15-16,20-21,23H,14,17-19H2,1-4H3,(H2,35,39)/t21-,23?,46?/m0/s1. The Hall–Kier alpha value is -3.41. The van der Waals surface area contributed by atoms with E-state index >= 15 is 0 Å². The van der Waals surface area contributed by atoms with Crippen LogP contribution in [-0.4, -0.2) is 46.6 Å². The zero-order valence-corrected chi connectivity index (χ0v) is 29.5. The van der Waals surface area contributed by atoms with Crippen molar-refractivity contribution in [1.82, 2.24) is 9.55 Å². The van der Waals surface area contributed by atoms with Crippen LogP contribution in [0.2, 0.25) is 0 Å². The Balaban J connectivity index is 1.57. The third-order valence-corrected chi connectivity index (χ3v) is 9.89. The van der Waals surface area contributed by atoms with Crippen LogP contribution in [0.15, 0.2) is 81.7 Å². The lowest BCUT2D eigenvalue weighted by molar-refractivity contribution is -0.148. The van der Waals surface area contributed by atoms with Gasteiger partial charge in [0.25, 0.3) is 0 Å². The Morgan fingerprint density at radius 3 is 2.43 bits per heavy atom. The molecule has 0 bridgehead atoms. The first-order chi connectivity index (χ1) is 22.4. The molecule has 3 atom stereocenters. The van der Waals surface area contributed by atoms with Gasteiger partial charge in [-0.25, -0.2) is 19.1 Å². The SMILES string of the molecule is COC(=O)[C@H](C)OP(=O)(COc1ccc(Cn2c(COC(N)=O)nc(C(C)C)c2SC2=CC(Cl)CC(Cl)=C2)cc1)Oc1ccccc1. The van der Waals surface area contributed by atoms with E-state index in [1.165, 1.54) is 25.8 Å². The number of hydrogen-bond acceptors (Lipinski definition) is 10. The van der Waals surface area contributed by atoms with E-state index in [1.54, 1.807) is 42.5 Å². The van der Waals surface area contributed by atoms with E-state index in [4.69, 9.17) is 57.2 Å². The highest BCUT2D eigenvalue weighted by atomic mass is 35.5. The highest BCUT2D eigenvalue weighted by Gasteiger charge is 2.33. The summed E-state index contributed by atoms with van der Waals surface area (Å²) in [6.45, 7) is 5.72. The number of halogens is 2. The number of hydrogen-bond donors (Lipinski definition) is 1. The highest BCUT2D eigenvalue weighted by molar-refractivity contribution is 8.03. The van der Waals surface area contributed by atoms with Gasteiger partial charge in [-0.15, -0.1) is 11.6 Å². The van der Waals surface area contributed by atoms with Crippen LogP contribution in [0.25, 0.3) is 0 Å². The Labute approximate surface area is 287 Å². The van der Waals surface area contributed by atoms with Crippen LogP contribution in [0.5, 0.6) is 11.5 Å². The molecule has 2 aromatic carbocycles. The van der Waals surface area contributed by atoms with Gasteiger partial charge < -0.3 is 29.0 Å². The summed E-state index contributed by atoms with van der Waals surface area (Å²) in [5.74, 6) is 0.544. The van der Waals surface area contributed by atoms with Gasteiger partial charge in [0.05, 0.1) is 18.2 Å². The van der Waals surface area contributed by atoms with Crippen molar-refractivity contribution >= 4 is 54.6 Å². The number of para-hydroxylation sites is 1. The number of alkyl halides is 1. The Kier molecular flexibility index (Phi) is 12.9. The predicted octanol–water partition coefficient (Wildman–Crippen LogP) is 7.95. The molecule has 0 saturated carbocycles. The van der Waals surface area contributed by atoms with Crippen LogP contribution >= 0.6 is 42.6 Å². The number of carbonyl (C=O) groups is 2. The molecule has 0 saturated heterocycles. The number of imidazole rings is 1. The van der Waals surface area contributed by atoms with Gasteiger partial charge in [-0.3, -0.25) is 4.52 Å². The lowest BCUT2D eigenvalue weighted by atomic mass is 10.1. The van der Waals surface area contributed by atoms with Crippen molar-refractivity contribution in [3.05, 3.63) is 93.8 Å². The maximum atomic E-state index is 13.7. The third kappa shape index (κ3) is 10.5. The first-order valence-corrected chi connectivity index (χ1v) is 17.9. The first-order valence-electron chi connectivity index (χ1n) is 14.6. The van der Waals surface area contributed by atoms with E-state index in [1.807, 2.05) is 42.7 Å². The van der Waals surface area contributed by atoms with E-state index in [2.05, 4.69) is 0 Å². The second-order valence-electron chi connectivity index (χ2n) is 10.8. The van der Waals surface area contributed by atoms with Crippen molar-refractivity contribution in [3.63, 3.8) is 0 Å². The van der Waals surface area contributed by atoms with Gasteiger partial charge in [0.1, 0.15) is 22.3 Å². The number of carbonyl (C=O) groups excluding carboxylic acids is 2. The number of rotatable bonds is 15.